The third kappa shape index (κ3) is 8.86. The number of benzene rings is 3. The highest BCUT2D eigenvalue weighted by molar-refractivity contribution is 7.90. The zero-order valence-electron chi connectivity index (χ0n) is 36.5. The Morgan fingerprint density at radius 2 is 1.78 bits per heavy atom. The van der Waals surface area contributed by atoms with Crippen molar-refractivity contribution in [1.82, 2.24) is 19.6 Å². The van der Waals surface area contributed by atoms with E-state index in [9.17, 15) is 18.3 Å². The number of pyridine rings is 1. The third-order valence-electron chi connectivity index (χ3n) is 14.5. The van der Waals surface area contributed by atoms with E-state index in [0.29, 0.717) is 60.6 Å². The van der Waals surface area contributed by atoms with Gasteiger partial charge in [0.25, 0.3) is 15.9 Å². The average Bonchev–Trinajstić information content (AvgIpc) is 3.93. The van der Waals surface area contributed by atoms with Gasteiger partial charge in [-0.2, -0.15) is 0 Å². The van der Waals surface area contributed by atoms with E-state index in [4.69, 9.17) is 10.5 Å². The Kier molecular flexibility index (Phi) is 11.7. The van der Waals surface area contributed by atoms with E-state index >= 15 is 4.39 Å². The lowest BCUT2D eigenvalue weighted by Gasteiger charge is -2.56. The van der Waals surface area contributed by atoms with Crippen LogP contribution in [-0.4, -0.2) is 72.1 Å². The van der Waals surface area contributed by atoms with Gasteiger partial charge in [-0.1, -0.05) is 38.1 Å². The van der Waals surface area contributed by atoms with E-state index in [1.165, 1.54) is 48.4 Å². The van der Waals surface area contributed by atoms with Crippen molar-refractivity contribution in [3.8, 4) is 11.5 Å². The summed E-state index contributed by atoms with van der Waals surface area (Å²) in [4.78, 5) is 25.9. The summed E-state index contributed by atoms with van der Waals surface area (Å²) in [5, 5.41) is 14.3. The number of aromatic amines is 1. The first-order chi connectivity index (χ1) is 30.2. The number of carbonyl (C=O) groups excluding carboxylic acids is 1. The maximum absolute atomic E-state index is 17.0. The van der Waals surface area contributed by atoms with Gasteiger partial charge in [0.1, 0.15) is 11.4 Å². The van der Waals surface area contributed by atoms with Crippen molar-refractivity contribution in [2.75, 3.05) is 42.1 Å². The largest absolute Gasteiger partial charge is 0.452 e. The van der Waals surface area contributed by atoms with Crippen LogP contribution in [0.1, 0.15) is 118 Å². The molecule has 334 valence electrons. The Hall–Kier alpha value is -5.18. The van der Waals surface area contributed by atoms with Gasteiger partial charge in [-0.3, -0.25) is 9.69 Å². The summed E-state index contributed by atoms with van der Waals surface area (Å²) in [6.07, 6.45) is 12.9. The molecule has 63 heavy (non-hydrogen) atoms. The zero-order valence-corrected chi connectivity index (χ0v) is 37.3. The Bertz CT molecular complexity index is 2590. The summed E-state index contributed by atoms with van der Waals surface area (Å²) in [6, 6.07) is 20.6. The van der Waals surface area contributed by atoms with Crippen molar-refractivity contribution in [3.63, 3.8) is 0 Å². The topological polar surface area (TPSA) is 166 Å². The van der Waals surface area contributed by atoms with Crippen molar-refractivity contribution in [3.05, 3.63) is 102 Å². The number of piperidine rings is 1. The van der Waals surface area contributed by atoms with Crippen LogP contribution in [0.4, 0.5) is 21.5 Å². The fraction of sp³-hybridized carbons (Fsp3) is 0.469. The van der Waals surface area contributed by atoms with Crippen LogP contribution in [0, 0.1) is 17.2 Å². The molecule has 5 aromatic rings. The van der Waals surface area contributed by atoms with Crippen LogP contribution in [0.25, 0.3) is 11.0 Å². The molecule has 0 bridgehead atoms. The van der Waals surface area contributed by atoms with Crippen molar-refractivity contribution < 1.29 is 27.4 Å². The van der Waals surface area contributed by atoms with Crippen molar-refractivity contribution in [2.24, 2.45) is 11.3 Å². The summed E-state index contributed by atoms with van der Waals surface area (Å²) in [7, 11) is -4.44. The molecule has 12 nitrogen and oxygen atoms in total. The molecule has 3 aromatic carbocycles. The van der Waals surface area contributed by atoms with E-state index in [2.05, 4.69) is 63.0 Å². The molecule has 4 heterocycles. The Balaban J connectivity index is 0.897. The Morgan fingerprint density at radius 3 is 2.52 bits per heavy atom. The Morgan fingerprint density at radius 1 is 1.02 bits per heavy atom. The molecule has 2 aliphatic carbocycles. The minimum absolute atomic E-state index is 0.193. The molecule has 6 N–H and O–H groups in total. The number of nitrogen functional groups attached to an aromatic ring is 1. The van der Waals surface area contributed by atoms with Crippen LogP contribution >= 0.6 is 0 Å². The number of rotatable bonds is 12. The number of hydrogen-bond donors (Lipinski definition) is 5. The standard InChI is InChI=1S/C49H60FN7O5S/c1-31(2)37-7-4-5-8-38(37)42-9-6-22-57(42)34-27-49(28-34)19-23-56(24-20-49)43-13-11-39(45(44(43)50)62-35-25-33-16-21-52-46(33)54-30-35)47(58)55-63(60,61)36-10-12-41(40(51)26-36)53-29-32-14-17-48(3,59)18-15-32/h4-5,7-8,10-13,16,21,25-26,30-32,34,42,53,59H,6,9,14-15,17-20,22-24,27-29,51H2,1-3H3,(H,52,54)(H,55,58)/t32-,42-,48-/m0/s1. The molecule has 0 unspecified atom stereocenters. The van der Waals surface area contributed by atoms with Crippen LogP contribution < -0.4 is 25.4 Å². The molecule has 0 radical (unpaired) electrons. The zero-order chi connectivity index (χ0) is 44.1. The number of nitrogens with two attached hydrogens (primary N) is 1. The number of carbonyl (C=O) groups is 1. The number of aromatic nitrogens is 2. The SMILES string of the molecule is CC(C)c1ccccc1[C@@H]1CCCN1C1CC2(CCN(c3ccc(C(=O)NS(=O)(=O)c4ccc(NC[C@H]5CC[C@](C)(O)CC5)c(N)c4)c(Oc4cnc5[nH]ccc5c4)c3F)CC2)C1. The number of aliphatic hydroxyl groups is 1. The first kappa shape index (κ1) is 43.1. The van der Waals surface area contributed by atoms with E-state index in [1.54, 1.807) is 30.5 Å². The number of H-pyrrole nitrogens is 1. The molecule has 2 aromatic heterocycles. The number of nitrogens with one attached hydrogen (secondary N) is 3. The van der Waals surface area contributed by atoms with Crippen LogP contribution in [0.2, 0.25) is 0 Å². The second-order valence-electron chi connectivity index (χ2n) is 19.2. The third-order valence-corrected chi connectivity index (χ3v) is 15.8. The number of anilines is 3. The lowest BCUT2D eigenvalue weighted by Crippen LogP contribution is -2.55. The molecule has 2 saturated heterocycles. The number of likely N-dealkylation sites (tertiary alicyclic amines) is 1. The van der Waals surface area contributed by atoms with Gasteiger partial charge in [-0.15, -0.1) is 0 Å². The predicted octanol–water partition coefficient (Wildman–Crippen LogP) is 9.26. The van der Waals surface area contributed by atoms with Crippen LogP contribution in [0.3, 0.4) is 0 Å². The van der Waals surface area contributed by atoms with Crippen LogP contribution in [0.15, 0.2) is 84.0 Å². The van der Waals surface area contributed by atoms with Gasteiger partial charge in [0, 0.05) is 43.3 Å². The molecule has 14 heteroatoms. The van der Waals surface area contributed by atoms with Crippen LogP contribution in [-0.2, 0) is 10.0 Å². The van der Waals surface area contributed by atoms with Crippen molar-refractivity contribution in [1.29, 1.82) is 0 Å². The summed E-state index contributed by atoms with van der Waals surface area (Å²) < 4.78 is 52.6. The molecular weight excluding hydrogens is 818 g/mol. The number of fused-ring (bicyclic) bond motifs is 1. The van der Waals surface area contributed by atoms with Crippen molar-refractivity contribution >= 4 is 44.0 Å². The normalized spacial score (nSPS) is 23.0. The maximum atomic E-state index is 17.0. The van der Waals surface area contributed by atoms with Gasteiger partial charge in [0.15, 0.2) is 11.6 Å². The average molecular weight is 878 g/mol. The van der Waals surface area contributed by atoms with Gasteiger partial charge in [-0.25, -0.2) is 22.5 Å². The number of ether oxygens (including phenoxy) is 1. The molecule has 2 saturated carbocycles. The minimum Gasteiger partial charge on any atom is -0.452 e. The quantitative estimate of drug-likeness (QED) is 0.0763. The predicted molar refractivity (Wildman–Crippen MR) is 245 cm³/mol. The number of sulfonamides is 1. The van der Waals surface area contributed by atoms with Gasteiger partial charge in [0.05, 0.1) is 39.3 Å². The minimum atomic E-state index is -4.44. The molecule has 1 amide bonds. The fourth-order valence-corrected chi connectivity index (χ4v) is 11.7. The van der Waals surface area contributed by atoms with E-state index < -0.39 is 27.3 Å². The summed E-state index contributed by atoms with van der Waals surface area (Å²) in [5.41, 5.74) is 10.2. The Labute approximate surface area is 369 Å². The monoisotopic (exact) mass is 877 g/mol. The number of nitrogens with zero attached hydrogens (tertiary/aromatic N) is 3. The van der Waals surface area contributed by atoms with Gasteiger partial charge < -0.3 is 30.8 Å². The first-order valence-electron chi connectivity index (χ1n) is 22.6. The molecule has 4 fully saturated rings. The van der Waals surface area contributed by atoms with Gasteiger partial charge in [-0.05, 0) is 149 Å². The maximum Gasteiger partial charge on any atom is 0.268 e. The molecule has 4 aliphatic rings. The van der Waals surface area contributed by atoms with Gasteiger partial charge >= 0.3 is 0 Å². The van der Waals surface area contributed by atoms with E-state index in [0.717, 1.165) is 63.3 Å². The number of hydrogen-bond acceptors (Lipinski definition) is 10. The van der Waals surface area contributed by atoms with Crippen LogP contribution in [0.5, 0.6) is 11.5 Å². The fourth-order valence-electron chi connectivity index (χ4n) is 10.7. The molecule has 1 spiro atoms. The summed E-state index contributed by atoms with van der Waals surface area (Å²) >= 11 is 0. The second-order valence-corrected chi connectivity index (χ2v) is 20.9. The first-order valence-corrected chi connectivity index (χ1v) is 24.1. The summed E-state index contributed by atoms with van der Waals surface area (Å²) in [5.74, 6) is -1.15. The summed E-state index contributed by atoms with van der Waals surface area (Å²) in [6.45, 7) is 9.46. The lowest BCUT2D eigenvalue weighted by atomic mass is 9.59. The second kappa shape index (κ2) is 17.1. The lowest BCUT2D eigenvalue weighted by molar-refractivity contribution is -0.0228. The smallest absolute Gasteiger partial charge is 0.268 e. The highest BCUT2D eigenvalue weighted by Gasteiger charge is 2.50. The molecular formula is C49H60FN7O5S. The molecule has 2 aliphatic heterocycles. The highest BCUT2D eigenvalue weighted by Crippen LogP contribution is 2.54. The molecule has 1 atom stereocenters. The number of halogens is 1. The molecule has 9 rings (SSSR count). The van der Waals surface area contributed by atoms with Gasteiger partial charge in [0.2, 0.25) is 0 Å². The highest BCUT2D eigenvalue weighted by atomic mass is 32.2. The van der Waals surface area contributed by atoms with E-state index in [-0.39, 0.29) is 33.1 Å². The number of amides is 1. The van der Waals surface area contributed by atoms with E-state index in [1.807, 2.05) is 11.8 Å². The van der Waals surface area contributed by atoms with Crippen molar-refractivity contribution in [2.45, 2.75) is 113 Å².